The molecule has 16 heavy (non-hydrogen) atoms. The minimum atomic E-state index is 0.797. The number of para-hydroxylation sites is 1. The lowest BCUT2D eigenvalue weighted by Crippen LogP contribution is -1.96. The van der Waals surface area contributed by atoms with Crippen LogP contribution in [0.4, 0.5) is 0 Å². The van der Waals surface area contributed by atoms with Gasteiger partial charge in [-0.3, -0.25) is 0 Å². The van der Waals surface area contributed by atoms with Crippen LogP contribution in [-0.4, -0.2) is 14.8 Å². The summed E-state index contributed by atoms with van der Waals surface area (Å²) in [5.41, 5.74) is 2.73. The van der Waals surface area contributed by atoms with Crippen molar-refractivity contribution in [3.8, 4) is 5.69 Å². The first-order valence-corrected chi connectivity index (χ1v) is 5.06. The minimum Gasteiger partial charge on any atom is -0.226 e. The summed E-state index contributed by atoms with van der Waals surface area (Å²) in [6, 6.07) is 14.7. The van der Waals surface area contributed by atoms with Crippen molar-refractivity contribution in [3.63, 3.8) is 0 Å². The lowest BCUT2D eigenvalue weighted by Gasteiger charge is -2.00. The molecule has 0 unspecified atom stereocenters. The molecule has 0 bridgehead atoms. The minimum absolute atomic E-state index is 0.797. The number of aromatic nitrogens is 3. The molecule has 0 saturated heterocycles. The lowest BCUT2D eigenvalue weighted by atomic mass is 10.3. The second-order valence-corrected chi connectivity index (χ2v) is 3.56. The number of pyridine rings is 1. The number of hydrogen-bond donors (Lipinski definition) is 0. The fraction of sp³-hybridized carbons (Fsp3) is 0.0769. The molecule has 0 amide bonds. The third-order valence-electron chi connectivity index (χ3n) is 2.49. The molecule has 3 heteroatoms. The van der Waals surface area contributed by atoms with Gasteiger partial charge in [-0.05, 0) is 31.2 Å². The Hall–Kier alpha value is -2.16. The highest BCUT2D eigenvalue weighted by molar-refractivity contribution is 5.78. The van der Waals surface area contributed by atoms with Crippen molar-refractivity contribution < 1.29 is 0 Å². The maximum atomic E-state index is 4.46. The van der Waals surface area contributed by atoms with E-state index >= 15 is 0 Å². The van der Waals surface area contributed by atoms with E-state index in [1.165, 1.54) is 0 Å². The molecule has 2 heterocycles. The molecule has 3 aromatic rings. The quantitative estimate of drug-likeness (QED) is 0.613. The molecule has 3 nitrogen and oxygen atoms in total. The molecule has 76 valence electrons. The number of fused-ring (bicyclic) bond motifs is 1. The van der Waals surface area contributed by atoms with E-state index in [4.69, 9.17) is 0 Å². The molecule has 0 fully saturated rings. The summed E-state index contributed by atoms with van der Waals surface area (Å²) in [4.78, 5) is 4.22. The summed E-state index contributed by atoms with van der Waals surface area (Å²) < 4.78 is 1.82. The molecule has 0 aliphatic heterocycles. The van der Waals surface area contributed by atoms with Gasteiger partial charge >= 0.3 is 0 Å². The van der Waals surface area contributed by atoms with Gasteiger partial charge in [0.25, 0.3) is 0 Å². The Balaban J connectivity index is 2.33. The SMILES string of the molecule is Cc1nn(-c2ccccc2)c2n[c]c[c]c12. The molecule has 0 N–H and O–H groups in total. The molecule has 0 spiro atoms. The van der Waals surface area contributed by atoms with E-state index in [0.717, 1.165) is 22.4 Å². The topological polar surface area (TPSA) is 30.7 Å². The number of nitrogens with zero attached hydrogens (tertiary/aromatic N) is 3. The van der Waals surface area contributed by atoms with E-state index in [1.54, 1.807) is 6.07 Å². The van der Waals surface area contributed by atoms with Gasteiger partial charge in [0.05, 0.1) is 23.0 Å². The molecular weight excluding hydrogens is 198 g/mol. The summed E-state index contributed by atoms with van der Waals surface area (Å²) in [6.45, 7) is 1.96. The van der Waals surface area contributed by atoms with Crippen LogP contribution in [0.2, 0.25) is 0 Å². The van der Waals surface area contributed by atoms with Gasteiger partial charge in [0, 0.05) is 0 Å². The zero-order chi connectivity index (χ0) is 11.0. The summed E-state index contributed by atoms with van der Waals surface area (Å²) in [5, 5.41) is 5.41. The van der Waals surface area contributed by atoms with Gasteiger partial charge in [-0.1, -0.05) is 18.2 Å². The standard InChI is InChI=1S/C13H9N3/c1-10-12-8-5-9-14-13(12)16(15-10)11-6-3-2-4-7-11/h2-7H,1H3. The van der Waals surface area contributed by atoms with E-state index < -0.39 is 0 Å². The van der Waals surface area contributed by atoms with Crippen LogP contribution in [-0.2, 0) is 0 Å². The van der Waals surface area contributed by atoms with Crippen molar-refractivity contribution in [2.75, 3.05) is 0 Å². The number of benzene rings is 1. The predicted octanol–water partition coefficient (Wildman–Crippen LogP) is 2.33. The molecular formula is C13H9N3. The third-order valence-corrected chi connectivity index (χ3v) is 2.49. The van der Waals surface area contributed by atoms with E-state index in [1.807, 2.05) is 41.9 Å². The van der Waals surface area contributed by atoms with Crippen LogP contribution in [0, 0.1) is 19.2 Å². The maximum absolute atomic E-state index is 4.46. The van der Waals surface area contributed by atoms with Gasteiger partial charge < -0.3 is 0 Å². The van der Waals surface area contributed by atoms with Gasteiger partial charge in [0.2, 0.25) is 0 Å². The van der Waals surface area contributed by atoms with Gasteiger partial charge in [-0.25, -0.2) is 9.67 Å². The normalized spacial score (nSPS) is 10.8. The van der Waals surface area contributed by atoms with Crippen molar-refractivity contribution in [3.05, 3.63) is 54.4 Å². The molecule has 0 atom stereocenters. The zero-order valence-electron chi connectivity index (χ0n) is 8.81. The molecule has 0 aliphatic carbocycles. The average Bonchev–Trinajstić information content (AvgIpc) is 2.69. The second-order valence-electron chi connectivity index (χ2n) is 3.56. The van der Waals surface area contributed by atoms with Crippen LogP contribution < -0.4 is 0 Å². The van der Waals surface area contributed by atoms with E-state index in [2.05, 4.69) is 22.3 Å². The Morgan fingerprint density at radius 2 is 2.00 bits per heavy atom. The molecule has 2 aromatic heterocycles. The van der Waals surface area contributed by atoms with Crippen molar-refractivity contribution in [1.82, 2.24) is 14.8 Å². The first-order chi connectivity index (χ1) is 7.86. The monoisotopic (exact) mass is 207 g/mol. The summed E-state index contributed by atoms with van der Waals surface area (Å²) in [7, 11) is 0. The number of hydrogen-bond acceptors (Lipinski definition) is 2. The Morgan fingerprint density at radius 3 is 2.81 bits per heavy atom. The average molecular weight is 207 g/mol. The van der Waals surface area contributed by atoms with E-state index in [-0.39, 0.29) is 0 Å². The van der Waals surface area contributed by atoms with Crippen molar-refractivity contribution in [1.29, 1.82) is 0 Å². The van der Waals surface area contributed by atoms with Crippen LogP contribution in [0.1, 0.15) is 5.69 Å². The maximum Gasteiger partial charge on any atom is 0.164 e. The second kappa shape index (κ2) is 3.45. The Labute approximate surface area is 93.4 Å². The smallest absolute Gasteiger partial charge is 0.164 e. The fourth-order valence-electron chi connectivity index (χ4n) is 1.73. The van der Waals surface area contributed by atoms with Crippen molar-refractivity contribution >= 4 is 11.0 Å². The number of rotatable bonds is 1. The van der Waals surface area contributed by atoms with Crippen LogP contribution in [0.15, 0.2) is 36.4 Å². The molecule has 2 radical (unpaired) electrons. The first-order valence-electron chi connectivity index (χ1n) is 5.06. The first kappa shape index (κ1) is 9.09. The van der Waals surface area contributed by atoms with Gasteiger partial charge in [-0.15, -0.1) is 0 Å². The highest BCUT2D eigenvalue weighted by Gasteiger charge is 2.08. The summed E-state index contributed by atoms with van der Waals surface area (Å²) in [5.74, 6) is 0. The van der Waals surface area contributed by atoms with Crippen molar-refractivity contribution in [2.24, 2.45) is 0 Å². The molecule has 0 aliphatic rings. The molecule has 0 saturated carbocycles. The van der Waals surface area contributed by atoms with Crippen LogP contribution in [0.25, 0.3) is 16.7 Å². The van der Waals surface area contributed by atoms with Crippen LogP contribution in [0.5, 0.6) is 0 Å². The number of aryl methyl sites for hydroxylation is 1. The third kappa shape index (κ3) is 1.29. The Morgan fingerprint density at radius 1 is 1.19 bits per heavy atom. The van der Waals surface area contributed by atoms with Crippen molar-refractivity contribution in [2.45, 2.75) is 6.92 Å². The Kier molecular flexibility index (Phi) is 1.96. The summed E-state index contributed by atoms with van der Waals surface area (Å²) >= 11 is 0. The van der Waals surface area contributed by atoms with Crippen LogP contribution in [0.3, 0.4) is 0 Å². The predicted molar refractivity (Wildman–Crippen MR) is 61.3 cm³/mol. The van der Waals surface area contributed by atoms with Gasteiger partial charge in [-0.2, -0.15) is 5.10 Å². The lowest BCUT2D eigenvalue weighted by molar-refractivity contribution is 0.877. The Bertz CT molecular complexity index is 626. The van der Waals surface area contributed by atoms with Gasteiger partial charge in [0.1, 0.15) is 0 Å². The highest BCUT2D eigenvalue weighted by atomic mass is 15.3. The van der Waals surface area contributed by atoms with Crippen LogP contribution >= 0.6 is 0 Å². The highest BCUT2D eigenvalue weighted by Crippen LogP contribution is 2.18. The zero-order valence-corrected chi connectivity index (χ0v) is 8.81. The van der Waals surface area contributed by atoms with E-state index in [9.17, 15) is 0 Å². The fourth-order valence-corrected chi connectivity index (χ4v) is 1.73. The summed E-state index contributed by atoms with van der Waals surface area (Å²) in [6.07, 6.45) is 2.79. The largest absolute Gasteiger partial charge is 0.226 e. The van der Waals surface area contributed by atoms with E-state index in [0.29, 0.717) is 0 Å². The van der Waals surface area contributed by atoms with Gasteiger partial charge in [0.15, 0.2) is 5.65 Å². The molecule has 3 rings (SSSR count). The molecule has 1 aromatic carbocycles.